The van der Waals surface area contributed by atoms with Gasteiger partial charge in [-0.15, -0.1) is 0 Å². The molecule has 4 rings (SSSR count). The Morgan fingerprint density at radius 3 is 2.35 bits per heavy atom. The average molecular weight is 434 g/mol. The van der Waals surface area contributed by atoms with E-state index >= 15 is 0 Å². The summed E-state index contributed by atoms with van der Waals surface area (Å²) in [5, 5.41) is 9.73. The molecule has 2 aromatic carbocycles. The molecular formula is C24H24ClN5O. The second-order valence-corrected chi connectivity index (χ2v) is 8.01. The minimum atomic E-state index is -0.159. The molecule has 0 saturated heterocycles. The smallest absolute Gasteiger partial charge is 0.274 e. The zero-order valence-electron chi connectivity index (χ0n) is 18.0. The monoisotopic (exact) mass is 433 g/mol. The van der Waals surface area contributed by atoms with Gasteiger partial charge in [0.05, 0.1) is 22.1 Å². The highest BCUT2D eigenvalue weighted by atomic mass is 35.5. The van der Waals surface area contributed by atoms with Crippen LogP contribution in [0.2, 0.25) is 5.02 Å². The van der Waals surface area contributed by atoms with E-state index in [-0.39, 0.29) is 5.91 Å². The number of aryl methyl sites for hydroxylation is 2. The molecule has 6 nitrogen and oxygen atoms in total. The zero-order chi connectivity index (χ0) is 22.1. The Kier molecular flexibility index (Phi) is 5.65. The van der Waals surface area contributed by atoms with Crippen LogP contribution in [-0.2, 0) is 6.54 Å². The van der Waals surface area contributed by atoms with E-state index in [1.54, 1.807) is 35.0 Å². The van der Waals surface area contributed by atoms with E-state index < -0.39 is 0 Å². The topological polar surface area (TPSA) is 56.0 Å². The molecule has 0 atom stereocenters. The third kappa shape index (κ3) is 3.99. The first-order valence-corrected chi connectivity index (χ1v) is 10.4. The van der Waals surface area contributed by atoms with Gasteiger partial charge in [-0.3, -0.25) is 4.79 Å². The van der Waals surface area contributed by atoms with Crippen LogP contribution in [0.5, 0.6) is 0 Å². The SMILES string of the molecule is Cc1ccccc1-n1nc(C)c(CN(C)C(=O)c2ccn(-c3ccccc3Cl)n2)c1C. The molecule has 158 valence electrons. The van der Waals surface area contributed by atoms with E-state index in [0.717, 1.165) is 33.9 Å². The van der Waals surface area contributed by atoms with Gasteiger partial charge in [-0.25, -0.2) is 9.36 Å². The minimum Gasteiger partial charge on any atom is -0.336 e. The standard InChI is InChI=1S/C24H24ClN5O/c1-16-9-5-7-11-22(16)30-18(3)19(17(2)26-30)15-28(4)24(31)21-13-14-29(27-21)23-12-8-6-10-20(23)25/h5-14H,15H2,1-4H3. The number of aromatic nitrogens is 4. The maximum absolute atomic E-state index is 13.0. The Morgan fingerprint density at radius 2 is 1.65 bits per heavy atom. The highest BCUT2D eigenvalue weighted by Crippen LogP contribution is 2.23. The second-order valence-electron chi connectivity index (χ2n) is 7.61. The van der Waals surface area contributed by atoms with Crippen molar-refractivity contribution < 1.29 is 4.79 Å². The third-order valence-corrected chi connectivity index (χ3v) is 5.75. The first-order valence-electron chi connectivity index (χ1n) is 10.0. The molecule has 31 heavy (non-hydrogen) atoms. The van der Waals surface area contributed by atoms with Gasteiger partial charge in [0.1, 0.15) is 0 Å². The number of nitrogens with zero attached hydrogens (tertiary/aromatic N) is 5. The number of para-hydroxylation sites is 2. The molecule has 0 spiro atoms. The van der Waals surface area contributed by atoms with Gasteiger partial charge in [0.2, 0.25) is 0 Å². The lowest BCUT2D eigenvalue weighted by Gasteiger charge is -2.16. The summed E-state index contributed by atoms with van der Waals surface area (Å²) in [4.78, 5) is 14.7. The number of halogens is 1. The molecule has 0 saturated carbocycles. The summed E-state index contributed by atoms with van der Waals surface area (Å²) >= 11 is 6.25. The fourth-order valence-electron chi connectivity index (χ4n) is 3.65. The normalized spacial score (nSPS) is 11.0. The molecule has 0 aliphatic rings. The summed E-state index contributed by atoms with van der Waals surface area (Å²) < 4.78 is 3.57. The number of benzene rings is 2. The van der Waals surface area contributed by atoms with Gasteiger partial charge < -0.3 is 4.90 Å². The molecule has 1 amide bonds. The third-order valence-electron chi connectivity index (χ3n) is 5.43. The Morgan fingerprint density at radius 1 is 0.968 bits per heavy atom. The number of rotatable bonds is 5. The summed E-state index contributed by atoms with van der Waals surface area (Å²) in [5.41, 5.74) is 6.25. The molecule has 0 N–H and O–H groups in total. The number of amides is 1. The van der Waals surface area contributed by atoms with Crippen molar-refractivity contribution in [2.45, 2.75) is 27.3 Å². The molecule has 0 bridgehead atoms. The molecule has 2 aromatic heterocycles. The van der Waals surface area contributed by atoms with E-state index in [2.05, 4.69) is 24.2 Å². The van der Waals surface area contributed by atoms with E-state index in [0.29, 0.717) is 17.3 Å². The minimum absolute atomic E-state index is 0.159. The fraction of sp³-hybridized carbons (Fsp3) is 0.208. The molecular weight excluding hydrogens is 410 g/mol. The van der Waals surface area contributed by atoms with Crippen LogP contribution in [0.1, 0.15) is 33.0 Å². The predicted octanol–water partition coefficient (Wildman–Crippen LogP) is 4.91. The summed E-state index contributed by atoms with van der Waals surface area (Å²) in [5.74, 6) is -0.159. The van der Waals surface area contributed by atoms with Crippen molar-refractivity contribution in [2.75, 3.05) is 7.05 Å². The summed E-state index contributed by atoms with van der Waals surface area (Å²) in [6.07, 6.45) is 1.75. The molecule has 0 unspecified atom stereocenters. The van der Waals surface area contributed by atoms with Crippen molar-refractivity contribution in [1.82, 2.24) is 24.5 Å². The first-order chi connectivity index (χ1) is 14.9. The number of carbonyl (C=O) groups is 1. The van der Waals surface area contributed by atoms with Gasteiger partial charge in [-0.1, -0.05) is 41.9 Å². The van der Waals surface area contributed by atoms with Crippen LogP contribution in [-0.4, -0.2) is 37.4 Å². The van der Waals surface area contributed by atoms with Crippen LogP contribution < -0.4 is 0 Å². The Labute approximate surface area is 186 Å². The molecule has 0 aliphatic carbocycles. The molecule has 0 aliphatic heterocycles. The van der Waals surface area contributed by atoms with Gasteiger partial charge in [-0.2, -0.15) is 10.2 Å². The van der Waals surface area contributed by atoms with Crippen LogP contribution >= 0.6 is 11.6 Å². The van der Waals surface area contributed by atoms with Gasteiger partial charge in [0.25, 0.3) is 5.91 Å². The van der Waals surface area contributed by atoms with Crippen molar-refractivity contribution >= 4 is 17.5 Å². The quantitative estimate of drug-likeness (QED) is 0.449. The van der Waals surface area contributed by atoms with E-state index in [9.17, 15) is 4.79 Å². The highest BCUT2D eigenvalue weighted by Gasteiger charge is 2.20. The lowest BCUT2D eigenvalue weighted by molar-refractivity contribution is 0.0778. The number of hydrogen-bond donors (Lipinski definition) is 0. The summed E-state index contributed by atoms with van der Waals surface area (Å²) in [7, 11) is 1.78. The Balaban J connectivity index is 1.57. The Hall–Kier alpha value is -3.38. The molecule has 4 aromatic rings. The van der Waals surface area contributed by atoms with Crippen molar-refractivity contribution in [3.8, 4) is 11.4 Å². The van der Waals surface area contributed by atoms with E-state index in [4.69, 9.17) is 16.7 Å². The maximum atomic E-state index is 13.0. The second kappa shape index (κ2) is 8.40. The van der Waals surface area contributed by atoms with Crippen LogP contribution in [0, 0.1) is 20.8 Å². The van der Waals surface area contributed by atoms with Crippen molar-refractivity contribution in [2.24, 2.45) is 0 Å². The highest BCUT2D eigenvalue weighted by molar-refractivity contribution is 6.32. The van der Waals surface area contributed by atoms with Crippen LogP contribution in [0.25, 0.3) is 11.4 Å². The molecule has 7 heteroatoms. The summed E-state index contributed by atoms with van der Waals surface area (Å²) in [6, 6.07) is 17.2. The van der Waals surface area contributed by atoms with Gasteiger partial charge >= 0.3 is 0 Å². The van der Waals surface area contributed by atoms with Crippen LogP contribution in [0.15, 0.2) is 60.8 Å². The molecule has 0 fully saturated rings. The molecule has 0 radical (unpaired) electrons. The average Bonchev–Trinajstić information content (AvgIpc) is 3.35. The summed E-state index contributed by atoms with van der Waals surface area (Å²) in [6.45, 7) is 6.52. The van der Waals surface area contributed by atoms with Gasteiger partial charge in [-0.05, 0) is 50.6 Å². The van der Waals surface area contributed by atoms with E-state index in [1.807, 2.05) is 48.9 Å². The largest absolute Gasteiger partial charge is 0.336 e. The first kappa shape index (κ1) is 20.9. The lowest BCUT2D eigenvalue weighted by atomic mass is 10.1. The van der Waals surface area contributed by atoms with Crippen LogP contribution in [0.3, 0.4) is 0 Å². The van der Waals surface area contributed by atoms with Crippen molar-refractivity contribution in [3.05, 3.63) is 94.0 Å². The molecule has 2 heterocycles. The number of carbonyl (C=O) groups excluding carboxylic acids is 1. The van der Waals surface area contributed by atoms with Gasteiger partial charge in [0.15, 0.2) is 5.69 Å². The maximum Gasteiger partial charge on any atom is 0.274 e. The number of hydrogen-bond acceptors (Lipinski definition) is 3. The Bertz CT molecular complexity index is 1260. The zero-order valence-corrected chi connectivity index (χ0v) is 18.8. The lowest BCUT2D eigenvalue weighted by Crippen LogP contribution is -2.27. The van der Waals surface area contributed by atoms with Crippen molar-refractivity contribution in [1.29, 1.82) is 0 Å². The van der Waals surface area contributed by atoms with Crippen LogP contribution in [0.4, 0.5) is 0 Å². The fourth-order valence-corrected chi connectivity index (χ4v) is 3.88. The van der Waals surface area contributed by atoms with E-state index in [1.165, 1.54) is 0 Å². The van der Waals surface area contributed by atoms with Gasteiger partial charge in [0, 0.05) is 31.0 Å². The predicted molar refractivity (Wildman–Crippen MR) is 122 cm³/mol. The van der Waals surface area contributed by atoms with Crippen molar-refractivity contribution in [3.63, 3.8) is 0 Å².